The van der Waals surface area contributed by atoms with Gasteiger partial charge < -0.3 is 16.8 Å². The Balaban J connectivity index is -0.000000140. The Morgan fingerprint density at radius 2 is 1.23 bits per heavy atom. The predicted octanol–water partition coefficient (Wildman–Crippen LogP) is -0.447. The first-order valence-corrected chi connectivity index (χ1v) is 3.97. The lowest BCUT2D eigenvalue weighted by Gasteiger charge is -1.95. The molecule has 0 saturated heterocycles. The van der Waals surface area contributed by atoms with Gasteiger partial charge in [-0.1, -0.05) is 0 Å². The van der Waals surface area contributed by atoms with Crippen molar-refractivity contribution in [2.24, 2.45) is 11.5 Å². The zero-order valence-electron chi connectivity index (χ0n) is 8.38. The van der Waals surface area contributed by atoms with Crippen LogP contribution in [0.5, 0.6) is 0 Å². The number of hydrogen-bond acceptors (Lipinski definition) is 5. The molecule has 5 N–H and O–H groups in total. The van der Waals surface area contributed by atoms with Gasteiger partial charge in [-0.3, -0.25) is 0 Å². The molecule has 0 atom stereocenters. The largest absolute Gasteiger partial charge is 0.329 e. The molecule has 0 rings (SSSR count). The molecule has 0 aliphatic heterocycles. The highest BCUT2D eigenvalue weighted by atomic mass is 14.9. The molecule has 0 saturated carbocycles. The van der Waals surface area contributed by atoms with Gasteiger partial charge in [-0.15, -0.1) is 0 Å². The molecule has 13 heavy (non-hydrogen) atoms. The van der Waals surface area contributed by atoms with Crippen molar-refractivity contribution in [1.29, 1.82) is 10.5 Å². The Kier molecular flexibility index (Phi) is 42.1. The van der Waals surface area contributed by atoms with E-state index >= 15 is 0 Å². The van der Waals surface area contributed by atoms with Gasteiger partial charge in [-0.25, -0.2) is 0 Å². The Labute approximate surface area is 80.3 Å². The zero-order valence-corrected chi connectivity index (χ0v) is 8.38. The van der Waals surface area contributed by atoms with Gasteiger partial charge >= 0.3 is 0 Å². The number of nitrogens with zero attached hydrogens (tertiary/aromatic N) is 2. The van der Waals surface area contributed by atoms with Crippen LogP contribution < -0.4 is 16.8 Å². The van der Waals surface area contributed by atoms with Gasteiger partial charge in [-0.05, 0) is 0 Å². The fraction of sp³-hybridized carbons (Fsp3) is 0.750. The molecule has 0 aliphatic carbocycles. The van der Waals surface area contributed by atoms with Crippen molar-refractivity contribution in [1.82, 2.24) is 5.32 Å². The molecule has 0 radical (unpaired) electrons. The third kappa shape index (κ3) is 104. The highest BCUT2D eigenvalue weighted by Crippen LogP contribution is 1.49. The quantitative estimate of drug-likeness (QED) is 0.514. The third-order valence-electron chi connectivity index (χ3n) is 0.642. The average molecular weight is 185 g/mol. The zero-order chi connectivity index (χ0) is 10.9. The second-order valence-corrected chi connectivity index (χ2v) is 1.77. The van der Waals surface area contributed by atoms with Crippen LogP contribution in [-0.2, 0) is 0 Å². The van der Waals surface area contributed by atoms with E-state index in [2.05, 4.69) is 5.32 Å². The van der Waals surface area contributed by atoms with Crippen molar-refractivity contribution < 1.29 is 0 Å². The van der Waals surface area contributed by atoms with Gasteiger partial charge in [-0.2, -0.15) is 10.5 Å². The van der Waals surface area contributed by atoms with Gasteiger partial charge in [0.05, 0.1) is 12.1 Å². The van der Waals surface area contributed by atoms with Gasteiger partial charge in [0.15, 0.2) is 0 Å². The minimum Gasteiger partial charge on any atom is -0.329 e. The van der Waals surface area contributed by atoms with Crippen LogP contribution in [0.4, 0.5) is 0 Å². The Morgan fingerprint density at radius 1 is 1.00 bits per heavy atom. The van der Waals surface area contributed by atoms with E-state index in [0.29, 0.717) is 13.1 Å². The summed E-state index contributed by atoms with van der Waals surface area (Å²) in [5, 5.41) is 17.7. The molecule has 0 aromatic heterocycles. The Bertz CT molecular complexity index is 116. The minimum atomic E-state index is 0.694. The van der Waals surface area contributed by atoms with Crippen molar-refractivity contribution in [3.63, 3.8) is 0 Å². The van der Waals surface area contributed by atoms with E-state index < -0.39 is 0 Å². The summed E-state index contributed by atoms with van der Waals surface area (Å²) in [6.07, 6.45) is 0. The lowest BCUT2D eigenvalue weighted by molar-refractivity contribution is 0.696. The maximum absolute atomic E-state index is 7.32. The second-order valence-electron chi connectivity index (χ2n) is 1.77. The highest BCUT2D eigenvalue weighted by Gasteiger charge is 1.76. The summed E-state index contributed by atoms with van der Waals surface area (Å²) in [4.78, 5) is 0. The lowest BCUT2D eigenvalue weighted by Crippen LogP contribution is -2.27. The fourth-order valence-corrected chi connectivity index (χ4v) is 0.329. The first-order valence-electron chi connectivity index (χ1n) is 3.97. The summed E-state index contributed by atoms with van der Waals surface area (Å²) in [5.41, 5.74) is 10.3. The predicted molar refractivity (Wildman–Crippen MR) is 53.6 cm³/mol. The highest BCUT2D eigenvalue weighted by molar-refractivity contribution is 4.51. The van der Waals surface area contributed by atoms with E-state index in [0.717, 1.165) is 13.1 Å². The fourth-order valence-electron chi connectivity index (χ4n) is 0.329. The maximum atomic E-state index is 7.32. The van der Waals surface area contributed by atoms with Gasteiger partial charge in [0, 0.05) is 40.0 Å². The van der Waals surface area contributed by atoms with Crippen molar-refractivity contribution in [3.8, 4) is 12.1 Å². The van der Waals surface area contributed by atoms with Crippen LogP contribution in [0.2, 0.25) is 0 Å². The Morgan fingerprint density at radius 3 is 1.38 bits per heavy atom. The molecule has 0 unspecified atom stereocenters. The van der Waals surface area contributed by atoms with E-state index in [1.165, 1.54) is 13.8 Å². The smallest absolute Gasteiger partial charge is 0.0587 e. The van der Waals surface area contributed by atoms with Crippen LogP contribution >= 0.6 is 0 Å². The second kappa shape index (κ2) is 30.7. The van der Waals surface area contributed by atoms with Crippen molar-refractivity contribution in [2.45, 2.75) is 13.8 Å². The summed E-state index contributed by atoms with van der Waals surface area (Å²) >= 11 is 0. The molecule has 0 heterocycles. The van der Waals surface area contributed by atoms with Crippen LogP contribution in [0, 0.1) is 22.7 Å². The monoisotopic (exact) mass is 185 g/mol. The first kappa shape index (κ1) is 17.8. The molecule has 76 valence electrons. The Hall–Kier alpha value is -1.14. The SMILES string of the molecule is CC#N.CC#N.NCCNCCN. The molecular weight excluding hydrogens is 166 g/mol. The normalized spacial score (nSPS) is 6.31. The van der Waals surface area contributed by atoms with Gasteiger partial charge in [0.1, 0.15) is 0 Å². The minimum absolute atomic E-state index is 0.694. The number of nitrogens with two attached hydrogens (primary N) is 2. The third-order valence-corrected chi connectivity index (χ3v) is 0.642. The summed E-state index contributed by atoms with van der Waals surface area (Å²) in [6, 6.07) is 3.50. The number of hydrogen-bond donors (Lipinski definition) is 3. The van der Waals surface area contributed by atoms with Gasteiger partial charge in [0.25, 0.3) is 0 Å². The summed E-state index contributed by atoms with van der Waals surface area (Å²) in [7, 11) is 0. The van der Waals surface area contributed by atoms with Crippen LogP contribution in [0.1, 0.15) is 13.8 Å². The lowest BCUT2D eigenvalue weighted by atomic mass is 10.6. The molecule has 0 fully saturated rings. The molecule has 0 bridgehead atoms. The average Bonchev–Trinajstić information content (AvgIpc) is 2.08. The molecule has 0 aliphatic rings. The number of nitriles is 2. The topological polar surface area (TPSA) is 112 Å². The van der Waals surface area contributed by atoms with E-state index in [9.17, 15) is 0 Å². The molecule has 0 amide bonds. The maximum Gasteiger partial charge on any atom is 0.0587 e. The van der Waals surface area contributed by atoms with E-state index in [4.69, 9.17) is 22.0 Å². The van der Waals surface area contributed by atoms with Crippen LogP contribution in [0.3, 0.4) is 0 Å². The van der Waals surface area contributed by atoms with Crippen molar-refractivity contribution in [2.75, 3.05) is 26.2 Å². The van der Waals surface area contributed by atoms with Gasteiger partial charge in [0.2, 0.25) is 0 Å². The van der Waals surface area contributed by atoms with Crippen LogP contribution in [-0.4, -0.2) is 26.2 Å². The molecule has 0 aromatic rings. The van der Waals surface area contributed by atoms with Crippen molar-refractivity contribution >= 4 is 0 Å². The number of nitrogens with one attached hydrogen (secondary N) is 1. The molecule has 0 aromatic carbocycles. The van der Waals surface area contributed by atoms with E-state index in [1.54, 1.807) is 12.1 Å². The van der Waals surface area contributed by atoms with E-state index in [-0.39, 0.29) is 0 Å². The molecule has 0 spiro atoms. The molecule has 5 heteroatoms. The summed E-state index contributed by atoms with van der Waals surface area (Å²) in [5.74, 6) is 0. The first-order chi connectivity index (χ1) is 6.24. The standard InChI is InChI=1S/C4H13N3.2C2H3N/c5-1-3-7-4-2-6;2*1-2-3/h7H,1-6H2;2*1H3. The van der Waals surface area contributed by atoms with E-state index in [1.807, 2.05) is 0 Å². The van der Waals surface area contributed by atoms with Crippen LogP contribution in [0.15, 0.2) is 0 Å². The molecular formula is C8H19N5. The molecule has 5 nitrogen and oxygen atoms in total. The van der Waals surface area contributed by atoms with Crippen LogP contribution in [0.25, 0.3) is 0 Å². The number of rotatable bonds is 4. The summed E-state index contributed by atoms with van der Waals surface area (Å²) < 4.78 is 0. The van der Waals surface area contributed by atoms with Crippen molar-refractivity contribution in [3.05, 3.63) is 0 Å². The summed E-state index contributed by atoms with van der Waals surface area (Å²) in [6.45, 7) is 5.99.